The van der Waals surface area contributed by atoms with E-state index >= 15 is 0 Å². The molecule has 0 aliphatic heterocycles. The Kier molecular flexibility index (Phi) is 4.85. The Morgan fingerprint density at radius 2 is 1.88 bits per heavy atom. The third-order valence-corrected chi connectivity index (χ3v) is 4.26. The van der Waals surface area contributed by atoms with Crippen LogP contribution in [0.1, 0.15) is 5.69 Å². The molecule has 24 heavy (non-hydrogen) atoms. The van der Waals surface area contributed by atoms with Gasteiger partial charge in [0.1, 0.15) is 0 Å². The predicted octanol–water partition coefficient (Wildman–Crippen LogP) is 3.83. The zero-order valence-electron chi connectivity index (χ0n) is 13.3. The van der Waals surface area contributed by atoms with Crippen molar-refractivity contribution in [3.63, 3.8) is 0 Å². The van der Waals surface area contributed by atoms with Crippen molar-refractivity contribution in [2.75, 3.05) is 20.8 Å². The van der Waals surface area contributed by atoms with Crippen molar-refractivity contribution in [3.05, 3.63) is 46.2 Å². The molecule has 0 radical (unpaired) electrons. The van der Waals surface area contributed by atoms with E-state index in [4.69, 9.17) is 43.4 Å². The second kappa shape index (κ2) is 6.89. The number of hydrogen-bond acceptors (Lipinski definition) is 4. The Balaban J connectivity index is 2.25. The van der Waals surface area contributed by atoms with Gasteiger partial charge in [-0.1, -0.05) is 23.2 Å². The third-order valence-electron chi connectivity index (χ3n) is 3.78. The lowest BCUT2D eigenvalue weighted by Gasteiger charge is -2.09. The first-order valence-electron chi connectivity index (χ1n) is 7.37. The number of methoxy groups -OCH3 is 2. The van der Waals surface area contributed by atoms with Gasteiger partial charge in [-0.15, -0.1) is 0 Å². The Morgan fingerprint density at radius 3 is 2.54 bits per heavy atom. The number of halogens is 2. The standard InChI is InChI=1S/C17H17Cl2N3O2/c1-23-14-4-3-10(7-15(14)24-2)16-13(5-6-20)22-9-11(18)8-12(19)17(22)21-16/h3-4,7-9H,5-6,20H2,1-2H3. The molecule has 0 saturated heterocycles. The average Bonchev–Trinajstić information content (AvgIpc) is 2.93. The molecule has 1 aromatic carbocycles. The fraction of sp³-hybridized carbons (Fsp3) is 0.235. The first-order valence-corrected chi connectivity index (χ1v) is 8.13. The summed E-state index contributed by atoms with van der Waals surface area (Å²) in [7, 11) is 3.20. The molecule has 126 valence electrons. The van der Waals surface area contributed by atoms with Crippen LogP contribution in [0.15, 0.2) is 30.5 Å². The van der Waals surface area contributed by atoms with Crippen molar-refractivity contribution >= 4 is 28.8 Å². The molecule has 5 nitrogen and oxygen atoms in total. The average molecular weight is 366 g/mol. The summed E-state index contributed by atoms with van der Waals surface area (Å²) in [4.78, 5) is 4.69. The molecule has 7 heteroatoms. The summed E-state index contributed by atoms with van der Waals surface area (Å²) in [5.41, 5.74) is 9.07. The van der Waals surface area contributed by atoms with Gasteiger partial charge >= 0.3 is 0 Å². The molecule has 3 aromatic rings. The zero-order valence-corrected chi connectivity index (χ0v) is 14.9. The number of rotatable bonds is 5. The number of nitrogens with zero attached hydrogens (tertiary/aromatic N) is 2. The van der Waals surface area contributed by atoms with Gasteiger partial charge in [0, 0.05) is 18.2 Å². The first kappa shape index (κ1) is 16.9. The lowest BCUT2D eigenvalue weighted by Crippen LogP contribution is -2.06. The number of ether oxygens (including phenoxy) is 2. The number of fused-ring (bicyclic) bond motifs is 1. The molecule has 0 fully saturated rings. The Morgan fingerprint density at radius 1 is 1.12 bits per heavy atom. The predicted molar refractivity (Wildman–Crippen MR) is 96.5 cm³/mol. The van der Waals surface area contributed by atoms with Gasteiger partial charge in [0.25, 0.3) is 0 Å². The van der Waals surface area contributed by atoms with Gasteiger partial charge in [0.15, 0.2) is 17.1 Å². The highest BCUT2D eigenvalue weighted by molar-refractivity contribution is 6.36. The highest BCUT2D eigenvalue weighted by Crippen LogP contribution is 2.35. The molecule has 0 bridgehead atoms. The van der Waals surface area contributed by atoms with Crippen LogP contribution >= 0.6 is 23.2 Å². The van der Waals surface area contributed by atoms with E-state index in [1.54, 1.807) is 26.5 Å². The lowest BCUT2D eigenvalue weighted by molar-refractivity contribution is 0.355. The smallest absolute Gasteiger partial charge is 0.161 e. The maximum absolute atomic E-state index is 6.30. The van der Waals surface area contributed by atoms with Gasteiger partial charge in [-0.25, -0.2) is 4.98 Å². The van der Waals surface area contributed by atoms with Crippen molar-refractivity contribution in [3.8, 4) is 22.8 Å². The van der Waals surface area contributed by atoms with Crippen LogP contribution in [-0.2, 0) is 6.42 Å². The molecule has 3 rings (SSSR count). The van der Waals surface area contributed by atoms with Crippen LogP contribution in [-0.4, -0.2) is 30.1 Å². The fourth-order valence-electron chi connectivity index (χ4n) is 2.71. The molecular formula is C17H17Cl2N3O2. The number of benzene rings is 1. The van der Waals surface area contributed by atoms with Crippen LogP contribution < -0.4 is 15.2 Å². The molecule has 0 saturated carbocycles. The highest BCUT2D eigenvalue weighted by Gasteiger charge is 2.17. The van der Waals surface area contributed by atoms with E-state index in [2.05, 4.69) is 0 Å². The second-order valence-corrected chi connectivity index (χ2v) is 6.06. The monoisotopic (exact) mass is 365 g/mol. The van der Waals surface area contributed by atoms with Gasteiger partial charge in [0.2, 0.25) is 0 Å². The second-order valence-electron chi connectivity index (χ2n) is 5.22. The number of nitrogens with two attached hydrogens (primary N) is 1. The van der Waals surface area contributed by atoms with Gasteiger partial charge in [-0.3, -0.25) is 0 Å². The summed E-state index contributed by atoms with van der Waals surface area (Å²) in [6.07, 6.45) is 2.44. The van der Waals surface area contributed by atoms with Crippen LogP contribution in [0.2, 0.25) is 10.0 Å². The summed E-state index contributed by atoms with van der Waals surface area (Å²) in [6.45, 7) is 0.484. The normalized spacial score (nSPS) is 11.0. The molecule has 0 aliphatic carbocycles. The highest BCUT2D eigenvalue weighted by atomic mass is 35.5. The minimum atomic E-state index is 0.484. The Hall–Kier alpha value is -1.95. The van der Waals surface area contributed by atoms with E-state index in [0.29, 0.717) is 40.2 Å². The Bertz CT molecular complexity index is 893. The number of aromatic nitrogens is 2. The maximum atomic E-state index is 6.30. The first-order chi connectivity index (χ1) is 11.6. The maximum Gasteiger partial charge on any atom is 0.161 e. The van der Waals surface area contributed by atoms with Crippen molar-refractivity contribution < 1.29 is 9.47 Å². The lowest BCUT2D eigenvalue weighted by atomic mass is 10.1. The molecule has 2 heterocycles. The van der Waals surface area contributed by atoms with E-state index in [1.807, 2.05) is 22.6 Å². The Labute approximate surface area is 149 Å². The quantitative estimate of drug-likeness (QED) is 0.746. The van der Waals surface area contributed by atoms with Crippen LogP contribution in [0.3, 0.4) is 0 Å². The molecule has 0 spiro atoms. The van der Waals surface area contributed by atoms with Gasteiger partial charge in [-0.05, 0) is 30.8 Å². The molecule has 0 amide bonds. The minimum Gasteiger partial charge on any atom is -0.493 e. The molecule has 0 atom stereocenters. The van der Waals surface area contributed by atoms with Crippen molar-refractivity contribution in [2.45, 2.75) is 6.42 Å². The molecular weight excluding hydrogens is 349 g/mol. The largest absolute Gasteiger partial charge is 0.493 e. The van der Waals surface area contributed by atoms with Gasteiger partial charge in [0.05, 0.1) is 35.7 Å². The van der Waals surface area contributed by atoms with Crippen LogP contribution in [0.25, 0.3) is 16.9 Å². The van der Waals surface area contributed by atoms with Crippen LogP contribution in [0, 0.1) is 0 Å². The van der Waals surface area contributed by atoms with E-state index < -0.39 is 0 Å². The summed E-state index contributed by atoms with van der Waals surface area (Å²) in [5, 5.41) is 1.04. The van der Waals surface area contributed by atoms with Gasteiger partial charge in [-0.2, -0.15) is 0 Å². The number of imidazole rings is 1. The van der Waals surface area contributed by atoms with Gasteiger partial charge < -0.3 is 19.6 Å². The fourth-order valence-corrected chi connectivity index (χ4v) is 3.22. The van der Waals surface area contributed by atoms with E-state index in [0.717, 1.165) is 17.0 Å². The summed E-state index contributed by atoms with van der Waals surface area (Å²) in [5.74, 6) is 1.29. The summed E-state index contributed by atoms with van der Waals surface area (Å²) in [6, 6.07) is 7.34. The molecule has 2 N–H and O–H groups in total. The molecule has 0 unspecified atom stereocenters. The number of pyridine rings is 1. The third kappa shape index (κ3) is 2.90. The van der Waals surface area contributed by atoms with E-state index in [1.165, 1.54) is 0 Å². The van der Waals surface area contributed by atoms with Crippen molar-refractivity contribution in [1.82, 2.24) is 9.38 Å². The molecule has 2 aromatic heterocycles. The van der Waals surface area contributed by atoms with Crippen molar-refractivity contribution in [1.29, 1.82) is 0 Å². The topological polar surface area (TPSA) is 61.8 Å². The SMILES string of the molecule is COc1ccc(-c2nc3c(Cl)cc(Cl)cn3c2CCN)cc1OC. The number of hydrogen-bond donors (Lipinski definition) is 1. The van der Waals surface area contributed by atoms with Crippen LogP contribution in [0.5, 0.6) is 11.5 Å². The minimum absolute atomic E-state index is 0.484. The van der Waals surface area contributed by atoms with Crippen LogP contribution in [0.4, 0.5) is 0 Å². The van der Waals surface area contributed by atoms with Crippen molar-refractivity contribution in [2.24, 2.45) is 5.73 Å². The summed E-state index contributed by atoms with van der Waals surface area (Å²) >= 11 is 12.4. The molecule has 0 aliphatic rings. The zero-order chi connectivity index (χ0) is 17.3. The van der Waals surface area contributed by atoms with E-state index in [9.17, 15) is 0 Å². The van der Waals surface area contributed by atoms with E-state index in [-0.39, 0.29) is 0 Å². The summed E-state index contributed by atoms with van der Waals surface area (Å²) < 4.78 is 12.6.